The van der Waals surface area contributed by atoms with Gasteiger partial charge in [-0.1, -0.05) is 18.2 Å². The Morgan fingerprint density at radius 3 is 2.89 bits per heavy atom. The normalized spacial score (nSPS) is 10.8. The number of pyridine rings is 1. The minimum Gasteiger partial charge on any atom is -0.464 e. The molecule has 3 aromatic rings. The van der Waals surface area contributed by atoms with E-state index in [4.69, 9.17) is 10.2 Å². The molecule has 94 valence electrons. The number of aryl methyl sites for hydroxylation is 1. The standard InChI is InChI=1S/C15H12N2O2/c1-9-6-11(15(16)17-7-9)14(18)12-8-19-13-5-3-2-4-10(12)13/h2-8H,1H3,(H2,16,17). The molecule has 0 atom stereocenters. The number of para-hydroxylation sites is 1. The number of carbonyl (C=O) groups is 1. The molecule has 4 heteroatoms. The third-order valence-electron chi connectivity index (χ3n) is 3.03. The van der Waals surface area contributed by atoms with Gasteiger partial charge in [-0.3, -0.25) is 4.79 Å². The number of ketones is 1. The molecule has 4 nitrogen and oxygen atoms in total. The summed E-state index contributed by atoms with van der Waals surface area (Å²) in [5.41, 5.74) is 8.27. The van der Waals surface area contributed by atoms with E-state index in [0.29, 0.717) is 16.7 Å². The lowest BCUT2D eigenvalue weighted by atomic mass is 10.0. The van der Waals surface area contributed by atoms with Crippen LogP contribution in [-0.2, 0) is 0 Å². The van der Waals surface area contributed by atoms with E-state index in [1.165, 1.54) is 6.26 Å². The number of aromatic nitrogens is 1. The van der Waals surface area contributed by atoms with Crippen molar-refractivity contribution in [1.82, 2.24) is 4.98 Å². The second kappa shape index (κ2) is 4.24. The van der Waals surface area contributed by atoms with Crippen LogP contribution in [0.3, 0.4) is 0 Å². The summed E-state index contributed by atoms with van der Waals surface area (Å²) in [4.78, 5) is 16.5. The van der Waals surface area contributed by atoms with E-state index in [0.717, 1.165) is 10.9 Å². The van der Waals surface area contributed by atoms with Crippen LogP contribution in [0.15, 0.2) is 47.2 Å². The smallest absolute Gasteiger partial charge is 0.200 e. The maximum atomic E-state index is 12.5. The molecule has 0 fully saturated rings. The quantitative estimate of drug-likeness (QED) is 0.712. The molecule has 0 radical (unpaired) electrons. The fourth-order valence-electron chi connectivity index (χ4n) is 2.06. The number of hydrogen-bond acceptors (Lipinski definition) is 4. The van der Waals surface area contributed by atoms with Crippen LogP contribution in [0, 0.1) is 6.92 Å². The molecular formula is C15H12N2O2. The van der Waals surface area contributed by atoms with Crippen molar-refractivity contribution in [2.45, 2.75) is 6.92 Å². The molecule has 1 aromatic carbocycles. The topological polar surface area (TPSA) is 69.1 Å². The monoisotopic (exact) mass is 252 g/mol. The number of fused-ring (bicyclic) bond motifs is 1. The van der Waals surface area contributed by atoms with Crippen molar-refractivity contribution < 1.29 is 9.21 Å². The average Bonchev–Trinajstić information content (AvgIpc) is 2.84. The van der Waals surface area contributed by atoms with Gasteiger partial charge in [-0.05, 0) is 24.6 Å². The first kappa shape index (κ1) is 11.5. The summed E-state index contributed by atoms with van der Waals surface area (Å²) in [6.07, 6.45) is 3.11. The second-order valence-corrected chi connectivity index (χ2v) is 4.42. The number of anilines is 1. The molecule has 0 aliphatic rings. The van der Waals surface area contributed by atoms with Crippen molar-refractivity contribution in [1.29, 1.82) is 0 Å². The molecule has 0 saturated carbocycles. The van der Waals surface area contributed by atoms with Gasteiger partial charge in [0.25, 0.3) is 0 Å². The van der Waals surface area contributed by atoms with Crippen LogP contribution in [0.5, 0.6) is 0 Å². The van der Waals surface area contributed by atoms with Gasteiger partial charge in [-0.2, -0.15) is 0 Å². The van der Waals surface area contributed by atoms with E-state index >= 15 is 0 Å². The average molecular weight is 252 g/mol. The van der Waals surface area contributed by atoms with Gasteiger partial charge < -0.3 is 10.2 Å². The zero-order valence-corrected chi connectivity index (χ0v) is 10.4. The van der Waals surface area contributed by atoms with Crippen LogP contribution in [0.25, 0.3) is 11.0 Å². The van der Waals surface area contributed by atoms with Crippen molar-refractivity contribution in [3.05, 3.63) is 59.5 Å². The second-order valence-electron chi connectivity index (χ2n) is 4.42. The molecule has 0 saturated heterocycles. The highest BCUT2D eigenvalue weighted by atomic mass is 16.3. The maximum Gasteiger partial charge on any atom is 0.200 e. The van der Waals surface area contributed by atoms with E-state index in [1.807, 2.05) is 31.2 Å². The van der Waals surface area contributed by atoms with E-state index in [1.54, 1.807) is 12.3 Å². The molecule has 0 unspecified atom stereocenters. The molecule has 0 aliphatic carbocycles. The van der Waals surface area contributed by atoms with Gasteiger partial charge in [0.15, 0.2) is 0 Å². The summed E-state index contributed by atoms with van der Waals surface area (Å²) in [7, 11) is 0. The Morgan fingerprint density at radius 2 is 2.05 bits per heavy atom. The van der Waals surface area contributed by atoms with Crippen molar-refractivity contribution in [3.8, 4) is 0 Å². The highest BCUT2D eigenvalue weighted by Gasteiger charge is 2.18. The number of carbonyl (C=O) groups excluding carboxylic acids is 1. The zero-order valence-electron chi connectivity index (χ0n) is 10.4. The molecule has 0 spiro atoms. The van der Waals surface area contributed by atoms with Crippen molar-refractivity contribution in [2.24, 2.45) is 0 Å². The SMILES string of the molecule is Cc1cnc(N)c(C(=O)c2coc3ccccc23)c1. The van der Waals surface area contributed by atoms with Crippen molar-refractivity contribution in [2.75, 3.05) is 5.73 Å². The zero-order chi connectivity index (χ0) is 13.4. The molecule has 2 aromatic heterocycles. The first-order valence-corrected chi connectivity index (χ1v) is 5.90. The first-order chi connectivity index (χ1) is 9.16. The van der Waals surface area contributed by atoms with E-state index in [9.17, 15) is 4.79 Å². The Labute approximate surface area is 109 Å². The minimum atomic E-state index is -0.168. The molecule has 19 heavy (non-hydrogen) atoms. The van der Waals surface area contributed by atoms with Gasteiger partial charge in [0.05, 0.1) is 11.1 Å². The summed E-state index contributed by atoms with van der Waals surface area (Å²) >= 11 is 0. The molecule has 0 amide bonds. The predicted molar refractivity (Wildman–Crippen MR) is 73.0 cm³/mol. The fraction of sp³-hybridized carbons (Fsp3) is 0.0667. The van der Waals surface area contributed by atoms with Crippen LogP contribution in [0.4, 0.5) is 5.82 Å². The maximum absolute atomic E-state index is 12.5. The minimum absolute atomic E-state index is 0.168. The highest BCUT2D eigenvalue weighted by molar-refractivity contribution is 6.17. The van der Waals surface area contributed by atoms with Crippen LogP contribution < -0.4 is 5.73 Å². The van der Waals surface area contributed by atoms with Gasteiger partial charge >= 0.3 is 0 Å². The summed E-state index contributed by atoms with van der Waals surface area (Å²) in [5, 5.41) is 0.786. The number of rotatable bonds is 2. The lowest BCUT2D eigenvalue weighted by Gasteiger charge is -2.03. The number of nitrogens with zero attached hydrogens (tertiary/aromatic N) is 1. The largest absolute Gasteiger partial charge is 0.464 e. The van der Waals surface area contributed by atoms with Crippen LogP contribution in [0.2, 0.25) is 0 Å². The van der Waals surface area contributed by atoms with Gasteiger partial charge in [0.1, 0.15) is 17.7 Å². The Hall–Kier alpha value is -2.62. The van der Waals surface area contributed by atoms with Crippen molar-refractivity contribution >= 4 is 22.6 Å². The Morgan fingerprint density at radius 1 is 1.26 bits per heavy atom. The fourth-order valence-corrected chi connectivity index (χ4v) is 2.06. The predicted octanol–water partition coefficient (Wildman–Crippen LogP) is 2.95. The molecule has 2 N–H and O–H groups in total. The van der Waals surface area contributed by atoms with Crippen LogP contribution in [-0.4, -0.2) is 10.8 Å². The molecule has 0 aliphatic heterocycles. The first-order valence-electron chi connectivity index (χ1n) is 5.90. The van der Waals surface area contributed by atoms with Crippen LogP contribution >= 0.6 is 0 Å². The molecule has 0 bridgehead atoms. The number of nitrogens with two attached hydrogens (primary N) is 1. The van der Waals surface area contributed by atoms with E-state index in [2.05, 4.69) is 4.98 Å². The lowest BCUT2D eigenvalue weighted by molar-refractivity contribution is 0.104. The third kappa shape index (κ3) is 1.87. The Kier molecular flexibility index (Phi) is 2.56. The summed E-state index contributed by atoms with van der Waals surface area (Å²) in [5.74, 6) is 0.0690. The van der Waals surface area contributed by atoms with Crippen molar-refractivity contribution in [3.63, 3.8) is 0 Å². The number of furan rings is 1. The van der Waals surface area contributed by atoms with Crippen LogP contribution in [0.1, 0.15) is 21.5 Å². The van der Waals surface area contributed by atoms with Gasteiger partial charge in [-0.15, -0.1) is 0 Å². The van der Waals surface area contributed by atoms with Gasteiger partial charge in [0.2, 0.25) is 5.78 Å². The summed E-state index contributed by atoms with van der Waals surface area (Å²) < 4.78 is 5.38. The number of benzene rings is 1. The Balaban J connectivity index is 2.16. The molecule has 3 rings (SSSR count). The lowest BCUT2D eigenvalue weighted by Crippen LogP contribution is -2.07. The van der Waals surface area contributed by atoms with Gasteiger partial charge in [0, 0.05) is 11.6 Å². The highest BCUT2D eigenvalue weighted by Crippen LogP contribution is 2.25. The molecule has 2 heterocycles. The third-order valence-corrected chi connectivity index (χ3v) is 3.03. The summed E-state index contributed by atoms with van der Waals surface area (Å²) in [6.45, 7) is 1.87. The number of nitrogen functional groups attached to an aromatic ring is 1. The van der Waals surface area contributed by atoms with Gasteiger partial charge in [-0.25, -0.2) is 4.98 Å². The summed E-state index contributed by atoms with van der Waals surface area (Å²) in [6, 6.07) is 9.15. The van der Waals surface area contributed by atoms with E-state index < -0.39 is 0 Å². The molecular weight excluding hydrogens is 240 g/mol. The van der Waals surface area contributed by atoms with E-state index in [-0.39, 0.29) is 11.6 Å². The Bertz CT molecular complexity index is 775. The number of hydrogen-bond donors (Lipinski definition) is 1.